The van der Waals surface area contributed by atoms with Crippen LogP contribution in [0.1, 0.15) is 34.5 Å². The summed E-state index contributed by atoms with van der Waals surface area (Å²) in [6, 6.07) is 21.1. The van der Waals surface area contributed by atoms with Crippen molar-refractivity contribution >= 4 is 17.3 Å². The van der Waals surface area contributed by atoms with Gasteiger partial charge in [0, 0.05) is 17.3 Å². The minimum absolute atomic E-state index is 0.0508. The molecule has 2 atom stereocenters. The second-order valence-corrected chi connectivity index (χ2v) is 7.92. The Kier molecular flexibility index (Phi) is 4.61. The highest BCUT2D eigenvalue weighted by atomic mass is 35.5. The molecule has 1 N–H and O–H groups in total. The summed E-state index contributed by atoms with van der Waals surface area (Å²) in [7, 11) is 3.38. The summed E-state index contributed by atoms with van der Waals surface area (Å²) in [4.78, 5) is 2.52. The Bertz CT molecular complexity index is 1070. The lowest BCUT2D eigenvalue weighted by molar-refractivity contribution is 0.153. The first kappa shape index (κ1) is 18.3. The molecule has 0 spiro atoms. The molecule has 0 saturated carbocycles. The Labute approximate surface area is 176 Å². The molecule has 5 heteroatoms. The van der Waals surface area contributed by atoms with Crippen molar-refractivity contribution in [3.05, 3.63) is 87.9 Å². The molecular formula is C24H23ClN2O2. The van der Waals surface area contributed by atoms with E-state index in [2.05, 4.69) is 52.7 Å². The van der Waals surface area contributed by atoms with Crippen molar-refractivity contribution in [1.82, 2.24) is 4.90 Å². The van der Waals surface area contributed by atoms with E-state index in [1.807, 2.05) is 18.2 Å². The molecule has 0 saturated heterocycles. The highest BCUT2D eigenvalue weighted by molar-refractivity contribution is 6.30. The van der Waals surface area contributed by atoms with E-state index >= 15 is 0 Å². The third-order valence-electron chi connectivity index (χ3n) is 5.95. The van der Waals surface area contributed by atoms with E-state index in [0.29, 0.717) is 0 Å². The van der Waals surface area contributed by atoms with Gasteiger partial charge in [-0.2, -0.15) is 0 Å². The van der Waals surface area contributed by atoms with Crippen molar-refractivity contribution in [3.8, 4) is 11.5 Å². The number of hydrogen-bond donors (Lipinski definition) is 1. The van der Waals surface area contributed by atoms with Gasteiger partial charge >= 0.3 is 0 Å². The smallest absolute Gasteiger partial charge is 0.161 e. The summed E-state index contributed by atoms with van der Waals surface area (Å²) in [6.45, 7) is 0.936. The van der Waals surface area contributed by atoms with Crippen LogP contribution in [-0.2, 0) is 6.42 Å². The van der Waals surface area contributed by atoms with Crippen LogP contribution in [0.5, 0.6) is 11.5 Å². The predicted molar refractivity (Wildman–Crippen MR) is 116 cm³/mol. The average Bonchev–Trinajstić information content (AvgIpc) is 2.77. The topological polar surface area (TPSA) is 33.7 Å². The largest absolute Gasteiger partial charge is 0.493 e. The van der Waals surface area contributed by atoms with Gasteiger partial charge in [0.1, 0.15) is 6.17 Å². The third kappa shape index (κ3) is 3.04. The van der Waals surface area contributed by atoms with Gasteiger partial charge in [-0.3, -0.25) is 4.90 Å². The first-order chi connectivity index (χ1) is 14.2. The molecule has 0 unspecified atom stereocenters. The van der Waals surface area contributed by atoms with E-state index in [4.69, 9.17) is 21.1 Å². The average molecular weight is 407 g/mol. The monoisotopic (exact) mass is 406 g/mol. The number of ether oxygens (including phenoxy) is 2. The van der Waals surface area contributed by atoms with Gasteiger partial charge in [0.05, 0.1) is 20.3 Å². The lowest BCUT2D eigenvalue weighted by Crippen LogP contribution is -2.45. The Morgan fingerprint density at radius 2 is 1.72 bits per heavy atom. The van der Waals surface area contributed by atoms with Crippen LogP contribution in [0.25, 0.3) is 0 Å². The number of benzene rings is 3. The Morgan fingerprint density at radius 1 is 0.931 bits per heavy atom. The molecule has 4 nitrogen and oxygen atoms in total. The number of anilines is 1. The summed E-state index contributed by atoms with van der Waals surface area (Å²) >= 11 is 6.32. The second kappa shape index (κ2) is 7.29. The zero-order valence-electron chi connectivity index (χ0n) is 16.5. The van der Waals surface area contributed by atoms with Crippen molar-refractivity contribution in [3.63, 3.8) is 0 Å². The van der Waals surface area contributed by atoms with E-state index < -0.39 is 0 Å². The SMILES string of the molecule is COc1cc2c(cc1OC)[C@H]1c3ccccc3N[C@H](c3cccc(Cl)c3)N1CC2. The molecule has 2 heterocycles. The van der Waals surface area contributed by atoms with E-state index in [9.17, 15) is 0 Å². The molecule has 3 aromatic carbocycles. The van der Waals surface area contributed by atoms with Gasteiger partial charge in [0.25, 0.3) is 0 Å². The standard InChI is InChI=1S/C24H23ClN2O2/c1-28-21-13-15-10-11-27-23(19(15)14-22(21)29-2)18-8-3-4-9-20(18)26-24(27)16-6-5-7-17(25)12-16/h3-9,12-14,23-24,26H,10-11H2,1-2H3/t23-,24+/m1/s1. The second-order valence-electron chi connectivity index (χ2n) is 7.49. The number of nitrogens with one attached hydrogen (secondary N) is 1. The van der Waals surface area contributed by atoms with Crippen LogP contribution in [0.2, 0.25) is 5.02 Å². The Morgan fingerprint density at radius 3 is 2.52 bits per heavy atom. The Hall–Kier alpha value is -2.69. The van der Waals surface area contributed by atoms with Crippen LogP contribution < -0.4 is 14.8 Å². The van der Waals surface area contributed by atoms with Crippen LogP contribution in [-0.4, -0.2) is 25.7 Å². The first-order valence-corrected chi connectivity index (χ1v) is 10.2. The highest BCUT2D eigenvalue weighted by Crippen LogP contribution is 2.48. The maximum atomic E-state index is 6.32. The first-order valence-electron chi connectivity index (χ1n) is 9.81. The number of methoxy groups -OCH3 is 2. The predicted octanol–water partition coefficient (Wildman–Crippen LogP) is 5.43. The van der Waals surface area contributed by atoms with E-state index in [-0.39, 0.29) is 12.2 Å². The molecule has 0 radical (unpaired) electrons. The molecule has 29 heavy (non-hydrogen) atoms. The number of hydrogen-bond acceptors (Lipinski definition) is 4. The van der Waals surface area contributed by atoms with Crippen molar-refractivity contribution in [1.29, 1.82) is 0 Å². The van der Waals surface area contributed by atoms with Gasteiger partial charge in [-0.25, -0.2) is 0 Å². The molecule has 0 aliphatic carbocycles. The molecule has 0 aromatic heterocycles. The van der Waals surface area contributed by atoms with E-state index in [0.717, 1.165) is 35.2 Å². The van der Waals surface area contributed by atoms with Gasteiger partial charge in [-0.15, -0.1) is 0 Å². The van der Waals surface area contributed by atoms with Crippen LogP contribution in [0.15, 0.2) is 60.7 Å². The van der Waals surface area contributed by atoms with Crippen LogP contribution in [0.4, 0.5) is 5.69 Å². The lowest BCUT2D eigenvalue weighted by atomic mass is 9.84. The third-order valence-corrected chi connectivity index (χ3v) is 6.19. The molecule has 5 rings (SSSR count). The van der Waals surface area contributed by atoms with Crippen LogP contribution in [0, 0.1) is 0 Å². The minimum Gasteiger partial charge on any atom is -0.493 e. The lowest BCUT2D eigenvalue weighted by Gasteiger charge is -2.47. The quantitative estimate of drug-likeness (QED) is 0.628. The Balaban J connectivity index is 1.68. The minimum atomic E-state index is 0.0508. The van der Waals surface area contributed by atoms with Crippen molar-refractivity contribution in [2.24, 2.45) is 0 Å². The fourth-order valence-corrected chi connectivity index (χ4v) is 4.84. The van der Waals surface area contributed by atoms with Crippen LogP contribution >= 0.6 is 11.6 Å². The molecule has 148 valence electrons. The summed E-state index contributed by atoms with van der Waals surface area (Å²) in [5.74, 6) is 1.55. The maximum Gasteiger partial charge on any atom is 0.161 e. The fraction of sp³-hybridized carbons (Fsp3) is 0.250. The number of fused-ring (bicyclic) bond motifs is 5. The van der Waals surface area contributed by atoms with Crippen LogP contribution in [0.3, 0.4) is 0 Å². The van der Waals surface area contributed by atoms with Crippen molar-refractivity contribution < 1.29 is 9.47 Å². The van der Waals surface area contributed by atoms with E-state index in [1.165, 1.54) is 22.3 Å². The van der Waals surface area contributed by atoms with E-state index in [1.54, 1.807) is 14.2 Å². The molecule has 3 aromatic rings. The normalized spacial score (nSPS) is 20.1. The van der Waals surface area contributed by atoms with Gasteiger partial charge in [0.2, 0.25) is 0 Å². The highest BCUT2D eigenvalue weighted by Gasteiger charge is 2.39. The zero-order chi connectivity index (χ0) is 20.0. The summed E-state index contributed by atoms with van der Waals surface area (Å²) in [5, 5.41) is 4.49. The van der Waals surface area contributed by atoms with Gasteiger partial charge in [0.15, 0.2) is 11.5 Å². The zero-order valence-corrected chi connectivity index (χ0v) is 17.2. The molecule has 0 fully saturated rings. The molecule has 2 aliphatic rings. The molecular weight excluding hydrogens is 384 g/mol. The molecule has 0 bridgehead atoms. The fourth-order valence-electron chi connectivity index (χ4n) is 4.64. The maximum absolute atomic E-state index is 6.32. The summed E-state index contributed by atoms with van der Waals surface area (Å²) in [6.07, 6.45) is 1.00. The summed E-state index contributed by atoms with van der Waals surface area (Å²) < 4.78 is 11.2. The van der Waals surface area contributed by atoms with Gasteiger partial charge in [-0.05, 0) is 59.0 Å². The number of para-hydroxylation sites is 1. The van der Waals surface area contributed by atoms with Gasteiger partial charge < -0.3 is 14.8 Å². The number of halogens is 1. The molecule has 0 amide bonds. The van der Waals surface area contributed by atoms with Gasteiger partial charge in [-0.1, -0.05) is 41.9 Å². The van der Waals surface area contributed by atoms with Crippen molar-refractivity contribution in [2.45, 2.75) is 18.6 Å². The van der Waals surface area contributed by atoms with Crippen molar-refractivity contribution in [2.75, 3.05) is 26.1 Å². The summed E-state index contributed by atoms with van der Waals surface area (Å²) in [5.41, 5.74) is 6.18. The number of rotatable bonds is 3. The molecule has 2 aliphatic heterocycles. The number of nitrogens with zero attached hydrogens (tertiary/aromatic N) is 1.